The van der Waals surface area contributed by atoms with E-state index in [1.54, 1.807) is 0 Å². The summed E-state index contributed by atoms with van der Waals surface area (Å²) in [6.07, 6.45) is -6.88. The van der Waals surface area contributed by atoms with Crippen molar-refractivity contribution in [3.05, 3.63) is 56.5 Å². The van der Waals surface area contributed by atoms with E-state index in [4.69, 9.17) is 26.2 Å². The molecular formula is C17H7BrClF5O4. The van der Waals surface area contributed by atoms with Crippen molar-refractivity contribution in [2.75, 3.05) is 0 Å². The normalized spacial score (nSPS) is 16.1. The summed E-state index contributed by atoms with van der Waals surface area (Å²) in [5.41, 5.74) is -1.02. The minimum absolute atomic E-state index is 0.0143. The van der Waals surface area contributed by atoms with Gasteiger partial charge in [0, 0.05) is 17.7 Å². The lowest BCUT2D eigenvalue weighted by atomic mass is 10.0. The molecule has 0 bridgehead atoms. The predicted octanol–water partition coefficient (Wildman–Crippen LogP) is 5.96. The maximum Gasteiger partial charge on any atom is 0.430 e. The van der Waals surface area contributed by atoms with Gasteiger partial charge in [-0.1, -0.05) is 11.6 Å². The van der Waals surface area contributed by atoms with Crippen molar-refractivity contribution in [1.29, 1.82) is 0 Å². The van der Waals surface area contributed by atoms with E-state index in [1.807, 2.05) is 0 Å². The smallest absolute Gasteiger partial charge is 0.430 e. The van der Waals surface area contributed by atoms with E-state index in [0.717, 1.165) is 30.3 Å². The fourth-order valence-corrected chi connectivity index (χ4v) is 3.00. The van der Waals surface area contributed by atoms with E-state index in [-0.39, 0.29) is 32.3 Å². The molecule has 2 aromatic carbocycles. The number of alkyl halides is 3. The monoisotopic (exact) mass is 484 g/mol. The Balaban J connectivity index is 2.04. The van der Waals surface area contributed by atoms with E-state index >= 15 is 0 Å². The molecule has 0 aliphatic carbocycles. The minimum atomic E-state index is -4.98. The number of benzene rings is 2. The number of carbonyl (C=O) groups is 1. The first kappa shape index (κ1) is 20.4. The molecule has 0 saturated heterocycles. The summed E-state index contributed by atoms with van der Waals surface area (Å²) in [5.74, 6) is -4.89. The lowest BCUT2D eigenvalue weighted by Gasteiger charge is -2.27. The van der Waals surface area contributed by atoms with Crippen LogP contribution in [0.3, 0.4) is 0 Å². The molecule has 1 unspecified atom stereocenters. The number of ether oxygens (including phenoxy) is 2. The molecule has 3 rings (SSSR count). The Morgan fingerprint density at radius 2 is 1.79 bits per heavy atom. The molecule has 1 atom stereocenters. The van der Waals surface area contributed by atoms with Gasteiger partial charge in [-0.05, 0) is 34.1 Å². The number of halogens is 7. The number of rotatable bonds is 3. The van der Waals surface area contributed by atoms with Crippen LogP contribution in [-0.4, -0.2) is 23.4 Å². The summed E-state index contributed by atoms with van der Waals surface area (Å²) in [5, 5.41) is 8.90. The topological polar surface area (TPSA) is 55.8 Å². The van der Waals surface area contributed by atoms with Gasteiger partial charge >= 0.3 is 12.1 Å². The van der Waals surface area contributed by atoms with Crippen LogP contribution in [0.5, 0.6) is 17.2 Å². The second kappa shape index (κ2) is 7.25. The molecule has 0 radical (unpaired) electrons. The van der Waals surface area contributed by atoms with E-state index in [1.165, 1.54) is 0 Å². The van der Waals surface area contributed by atoms with Gasteiger partial charge in [0.15, 0.2) is 11.6 Å². The average molecular weight is 486 g/mol. The number of hydrogen-bond donors (Lipinski definition) is 1. The molecule has 1 aliphatic rings. The highest BCUT2D eigenvalue weighted by molar-refractivity contribution is 9.10. The highest BCUT2D eigenvalue weighted by Gasteiger charge is 2.48. The maximum absolute atomic E-state index is 13.4. The number of fused-ring (bicyclic) bond motifs is 1. The molecule has 0 aromatic heterocycles. The van der Waals surface area contributed by atoms with Gasteiger partial charge in [-0.25, -0.2) is 13.6 Å². The van der Waals surface area contributed by atoms with Crippen LogP contribution < -0.4 is 9.47 Å². The second-order valence-electron chi connectivity index (χ2n) is 5.56. The fourth-order valence-electron chi connectivity index (χ4n) is 2.39. The zero-order chi connectivity index (χ0) is 20.8. The molecule has 0 fully saturated rings. The Morgan fingerprint density at radius 3 is 2.39 bits per heavy atom. The summed E-state index contributed by atoms with van der Waals surface area (Å²) in [6, 6.07) is 3.65. The zero-order valence-corrected chi connectivity index (χ0v) is 15.6. The third kappa shape index (κ3) is 3.93. The molecule has 11 heteroatoms. The second-order valence-corrected chi connectivity index (χ2v) is 6.83. The summed E-state index contributed by atoms with van der Waals surface area (Å²) < 4.78 is 76.2. The van der Waals surface area contributed by atoms with Crippen LogP contribution in [0.1, 0.15) is 5.56 Å². The molecule has 1 aliphatic heterocycles. The van der Waals surface area contributed by atoms with E-state index in [0.29, 0.717) is 0 Å². The zero-order valence-electron chi connectivity index (χ0n) is 13.3. The third-order valence-corrected chi connectivity index (χ3v) is 4.56. The Hall–Kier alpha value is -2.33. The first-order valence-electron chi connectivity index (χ1n) is 7.31. The molecule has 1 heterocycles. The maximum atomic E-state index is 13.4. The molecule has 0 amide bonds. The largest absolute Gasteiger partial charge is 0.478 e. The molecule has 2 aromatic rings. The summed E-state index contributed by atoms with van der Waals surface area (Å²) in [6.45, 7) is 0. The first-order chi connectivity index (χ1) is 13.0. The Labute approximate surface area is 167 Å². The van der Waals surface area contributed by atoms with Gasteiger partial charge in [-0.3, -0.25) is 0 Å². The molecule has 4 nitrogen and oxygen atoms in total. The number of carboxylic acids is 1. The lowest BCUT2D eigenvalue weighted by molar-refractivity contribution is -0.187. The number of aliphatic carboxylic acids is 1. The van der Waals surface area contributed by atoms with Gasteiger partial charge in [0.1, 0.15) is 17.2 Å². The van der Waals surface area contributed by atoms with Gasteiger partial charge < -0.3 is 14.6 Å². The van der Waals surface area contributed by atoms with Crippen molar-refractivity contribution in [2.24, 2.45) is 0 Å². The predicted molar refractivity (Wildman–Crippen MR) is 91.7 cm³/mol. The molecule has 1 N–H and O–H groups in total. The Morgan fingerprint density at radius 1 is 1.14 bits per heavy atom. The van der Waals surface area contributed by atoms with Crippen LogP contribution in [-0.2, 0) is 4.79 Å². The van der Waals surface area contributed by atoms with Crippen LogP contribution in [0.25, 0.3) is 6.08 Å². The van der Waals surface area contributed by atoms with E-state index < -0.39 is 35.5 Å². The quantitative estimate of drug-likeness (QED) is 0.430. The lowest BCUT2D eigenvalue weighted by Crippen LogP contribution is -2.40. The SMILES string of the molecule is O=C(O)C1=Cc2cc(Cl)c(Oc3cc(F)c(F)cc3Br)cc2OC1C(F)(F)F. The molecule has 0 spiro atoms. The summed E-state index contributed by atoms with van der Waals surface area (Å²) in [4.78, 5) is 11.1. The van der Waals surface area contributed by atoms with Crippen molar-refractivity contribution < 1.29 is 41.3 Å². The van der Waals surface area contributed by atoms with Crippen molar-refractivity contribution in [3.8, 4) is 17.2 Å². The van der Waals surface area contributed by atoms with Crippen LogP contribution in [0, 0.1) is 11.6 Å². The van der Waals surface area contributed by atoms with Gasteiger partial charge in [-0.2, -0.15) is 13.2 Å². The molecule has 0 saturated carbocycles. The van der Waals surface area contributed by atoms with Crippen LogP contribution in [0.2, 0.25) is 5.02 Å². The van der Waals surface area contributed by atoms with Crippen molar-refractivity contribution in [2.45, 2.75) is 12.3 Å². The van der Waals surface area contributed by atoms with Crippen molar-refractivity contribution >= 4 is 39.6 Å². The minimum Gasteiger partial charge on any atom is -0.478 e. The van der Waals surface area contributed by atoms with Crippen LogP contribution >= 0.6 is 27.5 Å². The standard InChI is InChI=1S/C17H7BrClF5O4/c18-8-3-10(20)11(21)4-13(8)27-14-5-12-6(2-9(14)19)1-7(16(25)26)15(28-12)17(22,23)24/h1-5,15H,(H,25,26). The number of carboxylic acid groups (broad SMARTS) is 1. The van der Waals surface area contributed by atoms with Gasteiger partial charge in [-0.15, -0.1) is 0 Å². The van der Waals surface area contributed by atoms with Crippen molar-refractivity contribution in [1.82, 2.24) is 0 Å². The third-order valence-electron chi connectivity index (χ3n) is 3.64. The number of hydrogen-bond acceptors (Lipinski definition) is 3. The highest BCUT2D eigenvalue weighted by Crippen LogP contribution is 2.43. The summed E-state index contributed by atoms with van der Waals surface area (Å²) >= 11 is 8.99. The fraction of sp³-hybridized carbons (Fsp3) is 0.118. The Bertz CT molecular complexity index is 1010. The van der Waals surface area contributed by atoms with Gasteiger partial charge in [0.25, 0.3) is 0 Å². The molecule has 148 valence electrons. The summed E-state index contributed by atoms with van der Waals surface area (Å²) in [7, 11) is 0. The van der Waals surface area contributed by atoms with Crippen molar-refractivity contribution in [3.63, 3.8) is 0 Å². The first-order valence-corrected chi connectivity index (χ1v) is 8.48. The van der Waals surface area contributed by atoms with Gasteiger partial charge in [0.2, 0.25) is 6.10 Å². The highest BCUT2D eigenvalue weighted by atomic mass is 79.9. The average Bonchev–Trinajstić information content (AvgIpc) is 2.58. The Kier molecular flexibility index (Phi) is 5.28. The van der Waals surface area contributed by atoms with Crippen LogP contribution in [0.15, 0.2) is 34.3 Å². The van der Waals surface area contributed by atoms with E-state index in [9.17, 15) is 26.7 Å². The molecule has 28 heavy (non-hydrogen) atoms. The van der Waals surface area contributed by atoms with Gasteiger partial charge in [0.05, 0.1) is 15.1 Å². The molecular weight excluding hydrogens is 479 g/mol. The van der Waals surface area contributed by atoms with Crippen LogP contribution in [0.4, 0.5) is 22.0 Å². The van der Waals surface area contributed by atoms with E-state index in [2.05, 4.69) is 15.9 Å².